The van der Waals surface area contributed by atoms with Gasteiger partial charge in [-0.25, -0.2) is 4.98 Å². The smallest absolute Gasteiger partial charge is 0.257 e. The van der Waals surface area contributed by atoms with Gasteiger partial charge in [0.1, 0.15) is 17.2 Å². The minimum Gasteiger partial charge on any atom is -0.306 e. The summed E-state index contributed by atoms with van der Waals surface area (Å²) < 4.78 is 1.91. The van der Waals surface area contributed by atoms with Crippen molar-refractivity contribution in [3.8, 4) is 11.3 Å². The lowest BCUT2D eigenvalue weighted by molar-refractivity contribution is 0.102. The number of aromatic nitrogens is 2. The van der Waals surface area contributed by atoms with E-state index in [1.807, 2.05) is 91.2 Å². The van der Waals surface area contributed by atoms with Crippen molar-refractivity contribution in [3.63, 3.8) is 0 Å². The number of hydrogen-bond donors (Lipinski definition) is 1. The third-order valence-corrected chi connectivity index (χ3v) is 4.44. The van der Waals surface area contributed by atoms with Crippen molar-refractivity contribution < 1.29 is 4.79 Å². The highest BCUT2D eigenvalue weighted by Crippen LogP contribution is 2.29. The predicted octanol–water partition coefficient (Wildman–Crippen LogP) is 4.87. The van der Waals surface area contributed by atoms with E-state index in [-0.39, 0.29) is 5.91 Å². The van der Waals surface area contributed by atoms with Gasteiger partial charge < -0.3 is 5.32 Å². The summed E-state index contributed by atoms with van der Waals surface area (Å²) >= 11 is 0. The second-order valence-corrected chi connectivity index (χ2v) is 6.38. The van der Waals surface area contributed by atoms with Crippen LogP contribution in [0.3, 0.4) is 0 Å². The van der Waals surface area contributed by atoms with Crippen LogP contribution in [0, 0.1) is 13.8 Å². The van der Waals surface area contributed by atoms with E-state index >= 15 is 0 Å². The monoisotopic (exact) mass is 341 g/mol. The normalized spacial score (nSPS) is 10.8. The third-order valence-electron chi connectivity index (χ3n) is 4.44. The minimum absolute atomic E-state index is 0.134. The molecule has 0 aliphatic heterocycles. The molecule has 0 fully saturated rings. The zero-order valence-electron chi connectivity index (χ0n) is 14.7. The van der Waals surface area contributed by atoms with Crippen molar-refractivity contribution in [2.24, 2.45) is 0 Å². The first-order chi connectivity index (χ1) is 12.6. The first-order valence-electron chi connectivity index (χ1n) is 8.54. The van der Waals surface area contributed by atoms with Gasteiger partial charge in [0.05, 0.1) is 0 Å². The Bertz CT molecular complexity index is 1100. The molecular formula is C22H19N3O. The van der Waals surface area contributed by atoms with Crippen molar-refractivity contribution >= 4 is 17.4 Å². The number of rotatable bonds is 3. The number of nitrogens with one attached hydrogen (secondary N) is 1. The summed E-state index contributed by atoms with van der Waals surface area (Å²) in [6.07, 6.45) is 1.91. The SMILES string of the molecule is Cc1ccc(C(=O)Nc2c(-c3ccccc3)nc3ccccn23)c(C)c1. The van der Waals surface area contributed by atoms with Crippen LogP contribution < -0.4 is 5.32 Å². The van der Waals surface area contributed by atoms with Crippen LogP contribution in [0.5, 0.6) is 0 Å². The van der Waals surface area contributed by atoms with Gasteiger partial charge in [0, 0.05) is 17.3 Å². The molecule has 2 aromatic carbocycles. The summed E-state index contributed by atoms with van der Waals surface area (Å²) in [5.74, 6) is 0.544. The standard InChI is InChI=1S/C22H19N3O/c1-15-11-12-18(16(2)14-15)22(26)24-21-20(17-8-4-3-5-9-17)23-19-10-6-7-13-25(19)21/h3-14H,1-2H3,(H,24,26). The highest BCUT2D eigenvalue weighted by molar-refractivity contribution is 6.06. The summed E-state index contributed by atoms with van der Waals surface area (Å²) in [6, 6.07) is 21.5. The fraction of sp³-hybridized carbons (Fsp3) is 0.0909. The van der Waals surface area contributed by atoms with E-state index in [9.17, 15) is 4.79 Å². The molecule has 4 rings (SSSR count). The number of anilines is 1. The number of carbonyl (C=O) groups excluding carboxylic acids is 1. The van der Waals surface area contributed by atoms with Gasteiger partial charge in [0.15, 0.2) is 0 Å². The number of hydrogen-bond acceptors (Lipinski definition) is 2. The van der Waals surface area contributed by atoms with E-state index in [2.05, 4.69) is 5.32 Å². The molecular weight excluding hydrogens is 322 g/mol. The summed E-state index contributed by atoms with van der Waals surface area (Å²) in [5, 5.41) is 3.07. The molecule has 0 bridgehead atoms. The molecule has 0 aliphatic rings. The van der Waals surface area contributed by atoms with Crippen LogP contribution in [0.1, 0.15) is 21.5 Å². The van der Waals surface area contributed by atoms with Crippen LogP contribution in [-0.2, 0) is 0 Å². The van der Waals surface area contributed by atoms with Crippen LogP contribution in [0.15, 0.2) is 72.9 Å². The van der Waals surface area contributed by atoms with Gasteiger partial charge in [-0.05, 0) is 37.6 Å². The topological polar surface area (TPSA) is 46.4 Å². The van der Waals surface area contributed by atoms with Crippen molar-refractivity contribution in [1.29, 1.82) is 0 Å². The highest BCUT2D eigenvalue weighted by atomic mass is 16.1. The lowest BCUT2D eigenvalue weighted by atomic mass is 10.1. The second-order valence-electron chi connectivity index (χ2n) is 6.38. The number of aryl methyl sites for hydroxylation is 2. The van der Waals surface area contributed by atoms with Crippen LogP contribution in [0.2, 0.25) is 0 Å². The first kappa shape index (κ1) is 16.1. The van der Waals surface area contributed by atoms with Gasteiger partial charge in [-0.15, -0.1) is 0 Å². The summed E-state index contributed by atoms with van der Waals surface area (Å²) in [4.78, 5) is 17.6. The Morgan fingerprint density at radius 1 is 0.962 bits per heavy atom. The van der Waals surface area contributed by atoms with Crippen molar-refractivity contribution in [2.45, 2.75) is 13.8 Å². The van der Waals surface area contributed by atoms with E-state index in [4.69, 9.17) is 4.98 Å². The van der Waals surface area contributed by atoms with Gasteiger partial charge in [-0.3, -0.25) is 9.20 Å². The van der Waals surface area contributed by atoms with Gasteiger partial charge >= 0.3 is 0 Å². The molecule has 0 atom stereocenters. The van der Waals surface area contributed by atoms with Crippen molar-refractivity contribution in [2.75, 3.05) is 5.32 Å². The van der Waals surface area contributed by atoms with Crippen LogP contribution in [0.4, 0.5) is 5.82 Å². The minimum atomic E-state index is -0.134. The molecule has 2 heterocycles. The Labute approximate surface area is 152 Å². The molecule has 4 nitrogen and oxygen atoms in total. The zero-order chi connectivity index (χ0) is 18.1. The number of amides is 1. The number of fused-ring (bicyclic) bond motifs is 1. The lowest BCUT2D eigenvalue weighted by Crippen LogP contribution is -2.15. The van der Waals surface area contributed by atoms with E-state index in [1.165, 1.54) is 0 Å². The Balaban J connectivity index is 1.81. The quantitative estimate of drug-likeness (QED) is 0.578. The number of pyridine rings is 1. The maximum atomic E-state index is 12.9. The lowest BCUT2D eigenvalue weighted by Gasteiger charge is -2.10. The Morgan fingerprint density at radius 2 is 1.73 bits per heavy atom. The second kappa shape index (κ2) is 6.48. The van der Waals surface area contributed by atoms with Gasteiger partial charge in [0.2, 0.25) is 0 Å². The van der Waals surface area contributed by atoms with Gasteiger partial charge in [-0.1, -0.05) is 54.1 Å². The molecule has 1 amide bonds. The van der Waals surface area contributed by atoms with E-state index in [1.54, 1.807) is 0 Å². The Kier molecular flexibility index (Phi) is 4.01. The first-order valence-corrected chi connectivity index (χ1v) is 8.54. The van der Waals surface area contributed by atoms with Crippen molar-refractivity contribution in [1.82, 2.24) is 9.38 Å². The maximum Gasteiger partial charge on any atom is 0.257 e. The maximum absolute atomic E-state index is 12.9. The van der Waals surface area contributed by atoms with Gasteiger partial charge in [0.25, 0.3) is 5.91 Å². The molecule has 26 heavy (non-hydrogen) atoms. The average Bonchev–Trinajstić information content (AvgIpc) is 3.01. The molecule has 2 aromatic heterocycles. The van der Waals surface area contributed by atoms with Gasteiger partial charge in [-0.2, -0.15) is 0 Å². The molecule has 0 aliphatic carbocycles. The molecule has 0 saturated heterocycles. The Hall–Kier alpha value is -3.40. The zero-order valence-corrected chi connectivity index (χ0v) is 14.7. The van der Waals surface area contributed by atoms with Crippen LogP contribution >= 0.6 is 0 Å². The van der Waals surface area contributed by atoms with Crippen LogP contribution in [-0.4, -0.2) is 15.3 Å². The van der Waals surface area contributed by atoms with E-state index in [0.29, 0.717) is 11.4 Å². The third kappa shape index (κ3) is 2.86. The average molecular weight is 341 g/mol. The number of benzene rings is 2. The summed E-state index contributed by atoms with van der Waals surface area (Å²) in [6.45, 7) is 3.97. The Morgan fingerprint density at radius 3 is 2.50 bits per heavy atom. The number of imidazole rings is 1. The highest BCUT2D eigenvalue weighted by Gasteiger charge is 2.17. The largest absolute Gasteiger partial charge is 0.306 e. The molecule has 0 radical (unpaired) electrons. The summed E-state index contributed by atoms with van der Waals surface area (Å²) in [7, 11) is 0. The summed E-state index contributed by atoms with van der Waals surface area (Å²) in [5.41, 5.74) is 5.28. The van der Waals surface area contributed by atoms with Crippen molar-refractivity contribution in [3.05, 3.63) is 89.6 Å². The fourth-order valence-electron chi connectivity index (χ4n) is 3.16. The molecule has 128 valence electrons. The number of nitrogens with zero attached hydrogens (tertiary/aromatic N) is 2. The molecule has 0 saturated carbocycles. The molecule has 4 aromatic rings. The number of carbonyl (C=O) groups is 1. The predicted molar refractivity (Wildman–Crippen MR) is 104 cm³/mol. The molecule has 1 N–H and O–H groups in total. The fourth-order valence-corrected chi connectivity index (χ4v) is 3.16. The van der Waals surface area contributed by atoms with Crippen LogP contribution in [0.25, 0.3) is 16.9 Å². The van der Waals surface area contributed by atoms with E-state index in [0.717, 1.165) is 28.0 Å². The molecule has 0 unspecified atom stereocenters. The molecule has 4 heteroatoms. The van der Waals surface area contributed by atoms with E-state index < -0.39 is 0 Å². The molecule has 0 spiro atoms.